The van der Waals surface area contributed by atoms with E-state index in [0.717, 1.165) is 31.2 Å². The van der Waals surface area contributed by atoms with Crippen molar-refractivity contribution in [2.75, 3.05) is 0 Å². The molecule has 0 spiro atoms. The first-order valence-electron chi connectivity index (χ1n) is 6.40. The summed E-state index contributed by atoms with van der Waals surface area (Å²) in [5.41, 5.74) is 6.27. The van der Waals surface area contributed by atoms with Crippen molar-refractivity contribution in [2.24, 2.45) is 5.73 Å². The van der Waals surface area contributed by atoms with Gasteiger partial charge in [-0.05, 0) is 37.5 Å². The monoisotopic (exact) mass is 248 g/mol. The molecule has 1 atom stereocenters. The van der Waals surface area contributed by atoms with Crippen LogP contribution in [0.3, 0.4) is 0 Å². The van der Waals surface area contributed by atoms with Crippen LogP contribution in [0.5, 0.6) is 5.75 Å². The third kappa shape index (κ3) is 2.48. The van der Waals surface area contributed by atoms with E-state index in [4.69, 9.17) is 5.73 Å². The smallest absolute Gasteiger partial charge is 0.234 e. The standard InChI is InChI=1S/C14H20N2O2/c1-10(13(15)18)16-14(8-2-3-9-14)11-4-6-12(17)7-5-11/h4-7,10,16-17H,2-3,8-9H2,1H3,(H2,15,18)/t10-/m0/s1. The van der Waals surface area contributed by atoms with E-state index in [1.165, 1.54) is 0 Å². The first kappa shape index (κ1) is 12.9. The fraction of sp³-hybridized carbons (Fsp3) is 0.500. The van der Waals surface area contributed by atoms with Gasteiger partial charge in [-0.15, -0.1) is 0 Å². The van der Waals surface area contributed by atoms with Gasteiger partial charge < -0.3 is 10.8 Å². The van der Waals surface area contributed by atoms with Crippen LogP contribution in [0.4, 0.5) is 0 Å². The number of amides is 1. The Morgan fingerprint density at radius 2 is 1.89 bits per heavy atom. The van der Waals surface area contributed by atoms with Gasteiger partial charge in [-0.2, -0.15) is 0 Å². The Morgan fingerprint density at radius 3 is 2.39 bits per heavy atom. The molecule has 18 heavy (non-hydrogen) atoms. The van der Waals surface area contributed by atoms with Crippen molar-refractivity contribution in [3.05, 3.63) is 29.8 Å². The molecule has 0 bridgehead atoms. The molecule has 0 heterocycles. The molecule has 4 heteroatoms. The summed E-state index contributed by atoms with van der Waals surface area (Å²) >= 11 is 0. The van der Waals surface area contributed by atoms with Crippen molar-refractivity contribution in [1.29, 1.82) is 0 Å². The van der Waals surface area contributed by atoms with Crippen molar-refractivity contribution >= 4 is 5.91 Å². The Kier molecular flexibility index (Phi) is 3.57. The maximum atomic E-state index is 11.2. The normalized spacial score (nSPS) is 19.6. The van der Waals surface area contributed by atoms with Crippen LogP contribution in [0.15, 0.2) is 24.3 Å². The lowest BCUT2D eigenvalue weighted by molar-refractivity contribution is -0.120. The lowest BCUT2D eigenvalue weighted by Gasteiger charge is -2.33. The van der Waals surface area contributed by atoms with Crippen LogP contribution in [-0.2, 0) is 10.3 Å². The van der Waals surface area contributed by atoms with E-state index in [9.17, 15) is 9.90 Å². The highest BCUT2D eigenvalue weighted by Gasteiger charge is 2.37. The highest BCUT2D eigenvalue weighted by molar-refractivity contribution is 5.79. The minimum atomic E-state index is -0.350. The van der Waals surface area contributed by atoms with E-state index in [0.29, 0.717) is 0 Å². The molecule has 1 aliphatic rings. The van der Waals surface area contributed by atoms with Gasteiger partial charge in [-0.3, -0.25) is 10.1 Å². The molecule has 1 aliphatic carbocycles. The number of phenols is 1. The maximum Gasteiger partial charge on any atom is 0.234 e. The summed E-state index contributed by atoms with van der Waals surface area (Å²) in [6, 6.07) is 6.86. The quantitative estimate of drug-likeness (QED) is 0.758. The third-order valence-electron chi connectivity index (χ3n) is 3.80. The Morgan fingerprint density at radius 1 is 1.33 bits per heavy atom. The second-order valence-corrected chi connectivity index (χ2v) is 5.10. The molecular weight excluding hydrogens is 228 g/mol. The summed E-state index contributed by atoms with van der Waals surface area (Å²) in [4.78, 5) is 11.2. The molecule has 2 rings (SSSR count). The minimum absolute atomic E-state index is 0.178. The molecule has 0 saturated heterocycles. The van der Waals surface area contributed by atoms with Crippen LogP contribution in [0.1, 0.15) is 38.2 Å². The van der Waals surface area contributed by atoms with Crippen LogP contribution < -0.4 is 11.1 Å². The highest BCUT2D eigenvalue weighted by atomic mass is 16.3. The van der Waals surface area contributed by atoms with Crippen LogP contribution in [0.2, 0.25) is 0 Å². The van der Waals surface area contributed by atoms with Crippen LogP contribution in [0.25, 0.3) is 0 Å². The summed E-state index contributed by atoms with van der Waals surface area (Å²) in [6.07, 6.45) is 4.27. The zero-order chi connectivity index (χ0) is 13.2. The molecule has 1 fully saturated rings. The lowest BCUT2D eigenvalue weighted by Crippen LogP contribution is -2.50. The Hall–Kier alpha value is -1.55. The van der Waals surface area contributed by atoms with E-state index in [2.05, 4.69) is 5.32 Å². The van der Waals surface area contributed by atoms with Crippen LogP contribution in [0, 0.1) is 0 Å². The molecule has 1 saturated carbocycles. The zero-order valence-electron chi connectivity index (χ0n) is 10.6. The summed E-state index contributed by atoms with van der Waals surface area (Å²) in [6.45, 7) is 1.79. The first-order chi connectivity index (χ1) is 8.53. The van der Waals surface area contributed by atoms with Gasteiger partial charge >= 0.3 is 0 Å². The fourth-order valence-electron chi connectivity index (χ4n) is 2.76. The zero-order valence-corrected chi connectivity index (χ0v) is 10.6. The average molecular weight is 248 g/mol. The van der Waals surface area contributed by atoms with Gasteiger partial charge in [-0.25, -0.2) is 0 Å². The van der Waals surface area contributed by atoms with Gasteiger partial charge in [-0.1, -0.05) is 25.0 Å². The van der Waals surface area contributed by atoms with Crippen molar-refractivity contribution in [3.63, 3.8) is 0 Å². The van der Waals surface area contributed by atoms with Gasteiger partial charge in [0.2, 0.25) is 5.91 Å². The van der Waals surface area contributed by atoms with E-state index < -0.39 is 0 Å². The number of primary amides is 1. The summed E-state index contributed by atoms with van der Waals surface area (Å²) in [5.74, 6) is -0.0742. The second-order valence-electron chi connectivity index (χ2n) is 5.10. The van der Waals surface area contributed by atoms with Crippen LogP contribution >= 0.6 is 0 Å². The molecule has 0 aliphatic heterocycles. The number of carbonyl (C=O) groups excluding carboxylic acids is 1. The van der Waals surface area contributed by atoms with Crippen molar-refractivity contribution in [1.82, 2.24) is 5.32 Å². The molecule has 0 radical (unpaired) electrons. The van der Waals surface area contributed by atoms with Crippen molar-refractivity contribution in [2.45, 2.75) is 44.2 Å². The van der Waals surface area contributed by atoms with Gasteiger partial charge in [0.1, 0.15) is 5.75 Å². The molecule has 1 aromatic rings. The Labute approximate surface area is 107 Å². The molecule has 4 nitrogen and oxygen atoms in total. The summed E-state index contributed by atoms with van der Waals surface area (Å²) in [5, 5.41) is 12.7. The number of hydrogen-bond acceptors (Lipinski definition) is 3. The predicted octanol–water partition coefficient (Wildman–Crippen LogP) is 1.62. The number of benzene rings is 1. The number of nitrogens with two attached hydrogens (primary N) is 1. The minimum Gasteiger partial charge on any atom is -0.508 e. The average Bonchev–Trinajstić information content (AvgIpc) is 2.79. The van der Waals surface area contributed by atoms with E-state index in [1.54, 1.807) is 19.1 Å². The molecule has 4 N–H and O–H groups in total. The van der Waals surface area contributed by atoms with Gasteiger partial charge in [0.05, 0.1) is 6.04 Å². The van der Waals surface area contributed by atoms with Gasteiger partial charge in [0.15, 0.2) is 0 Å². The van der Waals surface area contributed by atoms with Crippen molar-refractivity contribution < 1.29 is 9.90 Å². The largest absolute Gasteiger partial charge is 0.508 e. The molecule has 1 aromatic carbocycles. The fourth-order valence-corrected chi connectivity index (χ4v) is 2.76. The van der Waals surface area contributed by atoms with E-state index in [1.807, 2.05) is 12.1 Å². The summed E-state index contributed by atoms with van der Waals surface area (Å²) < 4.78 is 0. The Balaban J connectivity index is 2.26. The third-order valence-corrected chi connectivity index (χ3v) is 3.80. The summed E-state index contributed by atoms with van der Waals surface area (Å²) in [7, 11) is 0. The van der Waals surface area contributed by atoms with Gasteiger partial charge in [0.25, 0.3) is 0 Å². The molecule has 1 amide bonds. The Bertz CT molecular complexity index is 422. The number of nitrogens with one attached hydrogen (secondary N) is 1. The SMILES string of the molecule is C[C@H](NC1(c2ccc(O)cc2)CCCC1)C(N)=O. The van der Waals surface area contributed by atoms with E-state index in [-0.39, 0.29) is 23.2 Å². The molecule has 0 unspecified atom stereocenters. The molecule has 0 aromatic heterocycles. The topological polar surface area (TPSA) is 75.3 Å². The van der Waals surface area contributed by atoms with Crippen molar-refractivity contribution in [3.8, 4) is 5.75 Å². The predicted molar refractivity (Wildman–Crippen MR) is 70.0 cm³/mol. The number of aromatic hydroxyl groups is 1. The number of phenolic OH excluding ortho intramolecular Hbond substituents is 1. The highest BCUT2D eigenvalue weighted by Crippen LogP contribution is 2.39. The number of hydrogen-bond donors (Lipinski definition) is 3. The number of rotatable bonds is 4. The van der Waals surface area contributed by atoms with Gasteiger partial charge in [0, 0.05) is 5.54 Å². The van der Waals surface area contributed by atoms with Crippen LogP contribution in [-0.4, -0.2) is 17.1 Å². The molecular formula is C14H20N2O2. The van der Waals surface area contributed by atoms with E-state index >= 15 is 0 Å². The lowest BCUT2D eigenvalue weighted by atomic mass is 9.87. The molecule has 98 valence electrons. The maximum absolute atomic E-state index is 11.2. The number of carbonyl (C=O) groups is 1. The second kappa shape index (κ2) is 4.98. The first-order valence-corrected chi connectivity index (χ1v) is 6.40.